The van der Waals surface area contributed by atoms with Gasteiger partial charge in [0.15, 0.2) is 0 Å². The van der Waals surface area contributed by atoms with Crippen LogP contribution in [0.25, 0.3) is 0 Å². The van der Waals surface area contributed by atoms with Crippen LogP contribution in [0.4, 0.5) is 0 Å². The van der Waals surface area contributed by atoms with Gasteiger partial charge < -0.3 is 4.74 Å². The van der Waals surface area contributed by atoms with Crippen molar-refractivity contribution in [3.05, 3.63) is 17.5 Å². The molecule has 0 aromatic carbocycles. The van der Waals surface area contributed by atoms with Crippen molar-refractivity contribution in [2.75, 3.05) is 6.61 Å². The van der Waals surface area contributed by atoms with Crippen molar-refractivity contribution in [1.29, 1.82) is 5.53 Å². The molecule has 0 atom stereocenters. The summed E-state index contributed by atoms with van der Waals surface area (Å²) in [4.78, 5) is 14.9. The lowest BCUT2D eigenvalue weighted by Crippen LogP contribution is -2.19. The van der Waals surface area contributed by atoms with E-state index in [1.165, 1.54) is 0 Å². The van der Waals surface area contributed by atoms with Crippen molar-refractivity contribution in [3.63, 3.8) is 0 Å². The summed E-state index contributed by atoms with van der Waals surface area (Å²) >= 11 is 0. The molecule has 0 unspecified atom stereocenters. The zero-order valence-corrected chi connectivity index (χ0v) is 9.77. The van der Waals surface area contributed by atoms with E-state index in [0.717, 1.165) is 36.2 Å². The molecule has 0 radical (unpaired) electrons. The lowest BCUT2D eigenvalue weighted by atomic mass is 9.96. The maximum Gasteiger partial charge on any atom is 0.351 e. The van der Waals surface area contributed by atoms with Gasteiger partial charge in [-0.3, -0.25) is 9.48 Å². The minimum atomic E-state index is -0.284. The summed E-state index contributed by atoms with van der Waals surface area (Å²) in [6.45, 7) is 2.29. The Morgan fingerprint density at radius 1 is 1.65 bits per heavy atom. The smallest absolute Gasteiger partial charge is 0.351 e. The first kappa shape index (κ1) is 11.5. The molecule has 0 bridgehead atoms. The Morgan fingerprint density at radius 2 is 2.47 bits per heavy atom. The van der Waals surface area contributed by atoms with Crippen LogP contribution in [0.2, 0.25) is 0 Å². The van der Waals surface area contributed by atoms with Gasteiger partial charge in [0.2, 0.25) is 0 Å². The largest absolute Gasteiger partial charge is 0.465 e. The van der Waals surface area contributed by atoms with Gasteiger partial charge >= 0.3 is 11.7 Å². The Hall–Kier alpha value is -1.94. The molecule has 0 fully saturated rings. The van der Waals surface area contributed by atoms with E-state index in [4.69, 9.17) is 10.3 Å². The lowest BCUT2D eigenvalue weighted by molar-refractivity contribution is -0.144. The quantitative estimate of drug-likeness (QED) is 0.478. The summed E-state index contributed by atoms with van der Waals surface area (Å²) in [5, 5.41) is 4.17. The Kier molecular flexibility index (Phi) is 3.35. The molecule has 1 aromatic rings. The average Bonchev–Trinajstić information content (AvgIpc) is 2.73. The molecule has 0 saturated heterocycles. The molecule has 0 aliphatic heterocycles. The fourth-order valence-electron chi connectivity index (χ4n) is 2.05. The van der Waals surface area contributed by atoms with Crippen LogP contribution >= 0.6 is 0 Å². The molecule has 2 rings (SSSR count). The number of nitrogens with zero attached hydrogens (tertiary/aromatic N) is 3. The van der Waals surface area contributed by atoms with Crippen LogP contribution in [0, 0.1) is 5.53 Å². The van der Waals surface area contributed by atoms with Crippen molar-refractivity contribution in [1.82, 2.24) is 9.78 Å². The van der Waals surface area contributed by atoms with Crippen molar-refractivity contribution in [2.24, 2.45) is 0 Å². The third-order valence-corrected chi connectivity index (χ3v) is 2.81. The second-order valence-electron chi connectivity index (χ2n) is 3.88. The highest BCUT2D eigenvalue weighted by atomic mass is 16.5. The van der Waals surface area contributed by atoms with E-state index in [2.05, 4.69) is 9.89 Å². The van der Waals surface area contributed by atoms with Gasteiger partial charge in [0.1, 0.15) is 12.1 Å². The number of hydrogen-bond donors (Lipinski definition) is 1. The zero-order valence-electron chi connectivity index (χ0n) is 9.77. The minimum Gasteiger partial charge on any atom is -0.465 e. The number of carbonyl (C=O) groups excluding carboxylic acids is 1. The average molecular weight is 235 g/mol. The lowest BCUT2D eigenvalue weighted by Gasteiger charge is -2.10. The molecule has 6 nitrogen and oxygen atoms in total. The van der Waals surface area contributed by atoms with E-state index in [-0.39, 0.29) is 12.5 Å². The van der Waals surface area contributed by atoms with Gasteiger partial charge in [-0.05, 0) is 19.8 Å². The van der Waals surface area contributed by atoms with Crippen LogP contribution < -0.4 is 0 Å². The van der Waals surface area contributed by atoms with Gasteiger partial charge in [0.25, 0.3) is 0 Å². The summed E-state index contributed by atoms with van der Waals surface area (Å²) in [5.74, 6) is -0.284. The molecule has 0 saturated carbocycles. The molecule has 17 heavy (non-hydrogen) atoms. The highest BCUT2D eigenvalue weighted by molar-refractivity contribution is 5.98. The summed E-state index contributed by atoms with van der Waals surface area (Å²) in [5.41, 5.74) is 9.74. The van der Waals surface area contributed by atoms with Gasteiger partial charge in [-0.2, -0.15) is 5.10 Å². The normalized spacial score (nSPS) is 14.1. The van der Waals surface area contributed by atoms with Crippen molar-refractivity contribution < 1.29 is 14.3 Å². The SMILES string of the molecule is CCOC(=O)Cn1ncc2c1CCCC2=[N+]=N. The Labute approximate surface area is 98.8 Å². The first-order chi connectivity index (χ1) is 8.26. The van der Waals surface area contributed by atoms with Gasteiger partial charge in [-0.15, -0.1) is 0 Å². The van der Waals surface area contributed by atoms with E-state index in [9.17, 15) is 4.79 Å². The van der Waals surface area contributed by atoms with Crippen LogP contribution in [0.1, 0.15) is 31.0 Å². The van der Waals surface area contributed by atoms with Crippen molar-refractivity contribution in [2.45, 2.75) is 32.7 Å². The predicted molar refractivity (Wildman–Crippen MR) is 58.9 cm³/mol. The van der Waals surface area contributed by atoms with Crippen LogP contribution in [0.5, 0.6) is 0 Å². The van der Waals surface area contributed by atoms with E-state index < -0.39 is 0 Å². The Balaban J connectivity index is 2.24. The summed E-state index contributed by atoms with van der Waals surface area (Å²) < 4.78 is 6.54. The molecule has 1 aliphatic carbocycles. The first-order valence-corrected chi connectivity index (χ1v) is 5.70. The molecule has 1 aliphatic rings. The second kappa shape index (κ2) is 4.93. The zero-order chi connectivity index (χ0) is 12.3. The van der Waals surface area contributed by atoms with Gasteiger partial charge in [-0.25, -0.2) is 0 Å². The summed E-state index contributed by atoms with van der Waals surface area (Å²) in [6, 6.07) is 0. The van der Waals surface area contributed by atoms with E-state index in [1.54, 1.807) is 17.8 Å². The minimum absolute atomic E-state index is 0.133. The van der Waals surface area contributed by atoms with Crippen LogP contribution in [0.3, 0.4) is 0 Å². The summed E-state index contributed by atoms with van der Waals surface area (Å²) in [6.07, 6.45) is 4.30. The first-order valence-electron chi connectivity index (χ1n) is 5.70. The molecule has 0 spiro atoms. The second-order valence-corrected chi connectivity index (χ2v) is 3.88. The third-order valence-electron chi connectivity index (χ3n) is 2.81. The maximum absolute atomic E-state index is 11.4. The van der Waals surface area contributed by atoms with Gasteiger partial charge in [0, 0.05) is 0 Å². The van der Waals surface area contributed by atoms with Crippen molar-refractivity contribution in [3.8, 4) is 0 Å². The fraction of sp³-hybridized carbons (Fsp3) is 0.545. The standard InChI is InChI=1S/C11H15N4O2/c1-2-17-11(16)7-15-10-5-3-4-9(14-12)8(10)6-13-15/h6,12H,2-5,7H2,1H3/q+1. The third kappa shape index (κ3) is 2.26. The molecule has 1 N–H and O–H groups in total. The van der Waals surface area contributed by atoms with E-state index in [0.29, 0.717) is 6.61 Å². The number of carbonyl (C=O) groups is 1. The number of nitrogens with one attached hydrogen (secondary N) is 1. The van der Waals surface area contributed by atoms with Crippen LogP contribution in [-0.4, -0.2) is 32.9 Å². The highest BCUT2D eigenvalue weighted by Gasteiger charge is 2.28. The molecular formula is C11H15N4O2+. The molecule has 0 amide bonds. The van der Waals surface area contributed by atoms with Crippen LogP contribution in [0.15, 0.2) is 6.20 Å². The number of rotatable bonds is 3. The van der Waals surface area contributed by atoms with Gasteiger partial charge in [-0.1, -0.05) is 0 Å². The van der Waals surface area contributed by atoms with E-state index >= 15 is 0 Å². The molecule has 1 heterocycles. The number of ether oxygens (including phenoxy) is 1. The number of aromatic nitrogens is 2. The van der Waals surface area contributed by atoms with Crippen LogP contribution in [-0.2, 0) is 22.5 Å². The van der Waals surface area contributed by atoms with Crippen molar-refractivity contribution >= 4 is 11.7 Å². The number of fused-ring (bicyclic) bond motifs is 1. The monoisotopic (exact) mass is 235 g/mol. The number of hydrogen-bond acceptors (Lipinski definition) is 4. The molecular weight excluding hydrogens is 220 g/mol. The Morgan fingerprint density at radius 3 is 3.18 bits per heavy atom. The highest BCUT2D eigenvalue weighted by Crippen LogP contribution is 2.20. The number of esters is 1. The Bertz CT molecular complexity index is 486. The van der Waals surface area contributed by atoms with E-state index in [1.807, 2.05) is 0 Å². The van der Waals surface area contributed by atoms with Gasteiger partial charge in [0.05, 0.1) is 35.2 Å². The predicted octanol–water partition coefficient (Wildman–Crippen LogP) is 0.811. The molecule has 1 aromatic heterocycles. The topological polar surface area (TPSA) is 82.1 Å². The summed E-state index contributed by atoms with van der Waals surface area (Å²) in [7, 11) is 0. The maximum atomic E-state index is 11.4. The molecule has 90 valence electrons. The molecule has 6 heteroatoms. The fourth-order valence-corrected chi connectivity index (χ4v) is 2.05.